The Bertz CT molecular complexity index is 768. The highest BCUT2D eigenvalue weighted by Gasteiger charge is 2.20. The zero-order valence-corrected chi connectivity index (χ0v) is 21.1. The molecule has 0 amide bonds. The van der Waals surface area contributed by atoms with Gasteiger partial charge in [0.05, 0.1) is 11.5 Å². The van der Waals surface area contributed by atoms with Crippen LogP contribution in [0, 0.1) is 6.92 Å². The van der Waals surface area contributed by atoms with Crippen LogP contribution in [0.3, 0.4) is 0 Å². The Labute approximate surface area is 196 Å². The maximum Gasteiger partial charge on any atom is 0.191 e. The normalized spacial score (nSPS) is 15.0. The standard InChI is InChI=1S/C22H33N5S.HI/c1-5-23-22(24-16-18-8-9-20(26(3)4)15-17(18)2)25-19-10-12-27(13-11-19)21-7-6-14-28-21;/h6-9,14-15,19H,5,10-13,16H2,1-4H3,(H2,23,24,25);1H. The number of piperidine rings is 1. The fourth-order valence-electron chi connectivity index (χ4n) is 3.51. The summed E-state index contributed by atoms with van der Waals surface area (Å²) in [5.41, 5.74) is 3.79. The summed E-state index contributed by atoms with van der Waals surface area (Å²) < 4.78 is 0. The summed E-state index contributed by atoms with van der Waals surface area (Å²) in [5.74, 6) is 0.924. The lowest BCUT2D eigenvalue weighted by molar-refractivity contribution is 0.463. The first-order valence-corrected chi connectivity index (χ1v) is 11.0. The molecule has 1 aliphatic rings. The summed E-state index contributed by atoms with van der Waals surface area (Å²) in [7, 11) is 4.15. The van der Waals surface area contributed by atoms with E-state index in [0.717, 1.165) is 38.4 Å². The molecule has 29 heavy (non-hydrogen) atoms. The summed E-state index contributed by atoms with van der Waals surface area (Å²) in [5, 5.41) is 10.6. The molecule has 1 aliphatic heterocycles. The molecule has 0 unspecified atom stereocenters. The largest absolute Gasteiger partial charge is 0.378 e. The SMILES string of the molecule is CCNC(=NCc1ccc(N(C)C)cc1C)NC1CCN(c2cccs2)CC1.I. The fourth-order valence-corrected chi connectivity index (χ4v) is 4.29. The number of thiophene rings is 1. The van der Waals surface area contributed by atoms with Crippen LogP contribution in [0.4, 0.5) is 10.7 Å². The summed E-state index contributed by atoms with van der Waals surface area (Å²) in [6.07, 6.45) is 2.28. The van der Waals surface area contributed by atoms with Gasteiger partial charge in [-0.1, -0.05) is 6.07 Å². The Morgan fingerprint density at radius 2 is 2.00 bits per heavy atom. The van der Waals surface area contributed by atoms with Gasteiger partial charge in [-0.15, -0.1) is 35.3 Å². The average molecular weight is 528 g/mol. The first kappa shape index (κ1) is 23.8. The third kappa shape index (κ3) is 6.77. The van der Waals surface area contributed by atoms with E-state index < -0.39 is 0 Å². The maximum atomic E-state index is 4.85. The Hall–Kier alpha value is -1.48. The van der Waals surface area contributed by atoms with Gasteiger partial charge in [-0.25, -0.2) is 4.99 Å². The molecule has 3 rings (SSSR count). The molecule has 5 nitrogen and oxygen atoms in total. The summed E-state index contributed by atoms with van der Waals surface area (Å²) in [4.78, 5) is 9.47. The number of aryl methyl sites for hydroxylation is 1. The highest BCUT2D eigenvalue weighted by atomic mass is 127. The first-order valence-electron chi connectivity index (χ1n) is 10.2. The third-order valence-corrected chi connectivity index (χ3v) is 6.18. The Morgan fingerprint density at radius 3 is 2.59 bits per heavy atom. The number of hydrogen-bond donors (Lipinski definition) is 2. The Morgan fingerprint density at radius 1 is 1.24 bits per heavy atom. The predicted octanol–water partition coefficient (Wildman–Crippen LogP) is 4.46. The van der Waals surface area contributed by atoms with Gasteiger partial charge in [0, 0.05) is 45.5 Å². The molecular weight excluding hydrogens is 493 g/mol. The van der Waals surface area contributed by atoms with Crippen LogP contribution in [0.2, 0.25) is 0 Å². The van der Waals surface area contributed by atoms with E-state index in [2.05, 4.69) is 84.1 Å². The second-order valence-electron chi connectivity index (χ2n) is 7.56. The van der Waals surface area contributed by atoms with Gasteiger partial charge in [0.25, 0.3) is 0 Å². The van der Waals surface area contributed by atoms with Crippen molar-refractivity contribution < 1.29 is 0 Å². The molecule has 0 bridgehead atoms. The van der Waals surface area contributed by atoms with E-state index in [1.165, 1.54) is 21.8 Å². The van der Waals surface area contributed by atoms with Crippen molar-refractivity contribution in [2.24, 2.45) is 4.99 Å². The minimum atomic E-state index is 0. The number of aliphatic imine (C=N–C) groups is 1. The van der Waals surface area contributed by atoms with Gasteiger partial charge in [-0.3, -0.25) is 0 Å². The van der Waals surface area contributed by atoms with Crippen molar-refractivity contribution in [1.82, 2.24) is 10.6 Å². The molecule has 1 aromatic carbocycles. The van der Waals surface area contributed by atoms with Crippen LogP contribution in [0.1, 0.15) is 30.9 Å². The molecule has 1 fully saturated rings. The van der Waals surface area contributed by atoms with Crippen molar-refractivity contribution in [2.75, 3.05) is 43.5 Å². The number of guanidine groups is 1. The Kier molecular flexibility index (Phi) is 9.55. The molecule has 1 aromatic heterocycles. The molecule has 2 N–H and O–H groups in total. The molecular formula is C22H34IN5S. The van der Waals surface area contributed by atoms with Gasteiger partial charge in [0.15, 0.2) is 5.96 Å². The molecule has 0 saturated carbocycles. The van der Waals surface area contributed by atoms with Gasteiger partial charge in [-0.2, -0.15) is 0 Å². The molecule has 0 atom stereocenters. The quantitative estimate of drug-likeness (QED) is 0.331. The number of hydrogen-bond acceptors (Lipinski definition) is 4. The minimum absolute atomic E-state index is 0. The lowest BCUT2D eigenvalue weighted by atomic mass is 10.1. The van der Waals surface area contributed by atoms with Crippen LogP contribution < -0.4 is 20.4 Å². The Balaban J connectivity index is 0.00000300. The summed E-state index contributed by atoms with van der Waals surface area (Å²) in [6, 6.07) is 11.4. The second kappa shape index (κ2) is 11.6. The van der Waals surface area contributed by atoms with E-state index >= 15 is 0 Å². The van der Waals surface area contributed by atoms with Crippen LogP contribution >= 0.6 is 35.3 Å². The number of benzene rings is 1. The number of nitrogens with zero attached hydrogens (tertiary/aromatic N) is 3. The highest BCUT2D eigenvalue weighted by Crippen LogP contribution is 2.24. The zero-order chi connectivity index (χ0) is 19.9. The molecule has 160 valence electrons. The van der Waals surface area contributed by atoms with Gasteiger partial charge >= 0.3 is 0 Å². The van der Waals surface area contributed by atoms with Crippen molar-refractivity contribution in [2.45, 2.75) is 39.3 Å². The number of anilines is 2. The fraction of sp³-hybridized carbons (Fsp3) is 0.500. The van der Waals surface area contributed by atoms with Crippen molar-refractivity contribution >= 4 is 52.0 Å². The molecule has 0 spiro atoms. The van der Waals surface area contributed by atoms with Crippen molar-refractivity contribution in [1.29, 1.82) is 0 Å². The molecule has 2 aromatic rings. The third-order valence-electron chi connectivity index (χ3n) is 5.25. The van der Waals surface area contributed by atoms with Crippen molar-refractivity contribution in [3.05, 3.63) is 46.8 Å². The van der Waals surface area contributed by atoms with Crippen molar-refractivity contribution in [3.8, 4) is 0 Å². The molecule has 2 heterocycles. The van der Waals surface area contributed by atoms with E-state index in [0.29, 0.717) is 12.6 Å². The molecule has 1 saturated heterocycles. The molecule has 7 heteroatoms. The number of nitrogens with one attached hydrogen (secondary N) is 2. The van der Waals surface area contributed by atoms with Gasteiger partial charge in [0.1, 0.15) is 0 Å². The monoisotopic (exact) mass is 527 g/mol. The topological polar surface area (TPSA) is 42.9 Å². The van der Waals surface area contributed by atoms with E-state index in [1.807, 2.05) is 11.3 Å². The number of rotatable bonds is 6. The lowest BCUT2D eigenvalue weighted by Gasteiger charge is -2.33. The van der Waals surface area contributed by atoms with Crippen LogP contribution in [-0.2, 0) is 6.54 Å². The second-order valence-corrected chi connectivity index (χ2v) is 8.48. The zero-order valence-electron chi connectivity index (χ0n) is 17.9. The lowest BCUT2D eigenvalue weighted by Crippen LogP contribution is -2.48. The van der Waals surface area contributed by atoms with Crippen LogP contribution in [-0.4, -0.2) is 45.7 Å². The summed E-state index contributed by atoms with van der Waals surface area (Å²) in [6.45, 7) is 8.05. The minimum Gasteiger partial charge on any atom is -0.378 e. The van der Waals surface area contributed by atoms with Crippen LogP contribution in [0.25, 0.3) is 0 Å². The van der Waals surface area contributed by atoms with Crippen molar-refractivity contribution in [3.63, 3.8) is 0 Å². The van der Waals surface area contributed by atoms with E-state index in [9.17, 15) is 0 Å². The average Bonchev–Trinajstić information content (AvgIpc) is 3.22. The smallest absolute Gasteiger partial charge is 0.191 e. The van der Waals surface area contributed by atoms with Gasteiger partial charge < -0.3 is 20.4 Å². The maximum absolute atomic E-state index is 4.85. The van der Waals surface area contributed by atoms with Gasteiger partial charge in [-0.05, 0) is 67.5 Å². The van der Waals surface area contributed by atoms with E-state index in [4.69, 9.17) is 4.99 Å². The van der Waals surface area contributed by atoms with Crippen LogP contribution in [0.5, 0.6) is 0 Å². The van der Waals surface area contributed by atoms with Gasteiger partial charge in [0.2, 0.25) is 0 Å². The summed E-state index contributed by atoms with van der Waals surface area (Å²) >= 11 is 1.83. The predicted molar refractivity (Wildman–Crippen MR) is 138 cm³/mol. The number of halogens is 1. The first-order chi connectivity index (χ1) is 13.6. The van der Waals surface area contributed by atoms with Crippen LogP contribution in [0.15, 0.2) is 40.7 Å². The van der Waals surface area contributed by atoms with E-state index in [-0.39, 0.29) is 24.0 Å². The molecule has 0 aliphatic carbocycles. The molecule has 0 radical (unpaired) electrons. The highest BCUT2D eigenvalue weighted by molar-refractivity contribution is 14.0. The van der Waals surface area contributed by atoms with E-state index in [1.54, 1.807) is 0 Å².